The smallest absolute Gasteiger partial charge is 0.237 e. The lowest BCUT2D eigenvalue weighted by molar-refractivity contribution is -0.127. The first-order chi connectivity index (χ1) is 10.3. The highest BCUT2D eigenvalue weighted by Crippen LogP contribution is 2.29. The zero-order valence-electron chi connectivity index (χ0n) is 13.3. The number of benzene rings is 1. The first kappa shape index (κ1) is 16.8. The molecule has 122 valence electrons. The highest BCUT2D eigenvalue weighted by molar-refractivity contribution is 7.91. The van der Waals surface area contributed by atoms with Crippen molar-refractivity contribution in [3.8, 4) is 5.75 Å². The number of sulfone groups is 1. The quantitative estimate of drug-likeness (QED) is 0.767. The van der Waals surface area contributed by atoms with Gasteiger partial charge in [-0.25, -0.2) is 8.42 Å². The minimum atomic E-state index is -3.51. The van der Waals surface area contributed by atoms with Gasteiger partial charge in [-0.1, -0.05) is 17.7 Å². The molecule has 0 aliphatic heterocycles. The normalized spacial score (nSPS) is 14.7. The summed E-state index contributed by atoms with van der Waals surface area (Å²) in [7, 11) is -0.335. The highest BCUT2D eigenvalue weighted by atomic mass is 32.2. The van der Waals surface area contributed by atoms with E-state index in [2.05, 4.69) is 0 Å². The second-order valence-corrected chi connectivity index (χ2v) is 8.13. The SMILES string of the molecule is COc1ccc(C)cc1CS(=O)(=O)CC(=O)N(C)CC1CC1. The molecule has 0 radical (unpaired) electrons. The summed E-state index contributed by atoms with van der Waals surface area (Å²) in [4.78, 5) is 13.6. The molecule has 0 saturated heterocycles. The minimum absolute atomic E-state index is 0.180. The Hall–Kier alpha value is -1.56. The molecule has 0 aromatic heterocycles. The number of ether oxygens (including phenoxy) is 1. The number of hydrogen-bond donors (Lipinski definition) is 0. The first-order valence-corrected chi connectivity index (χ1v) is 9.21. The van der Waals surface area contributed by atoms with Crippen LogP contribution in [0.15, 0.2) is 18.2 Å². The van der Waals surface area contributed by atoms with E-state index < -0.39 is 15.6 Å². The van der Waals surface area contributed by atoms with Crippen molar-refractivity contribution in [3.05, 3.63) is 29.3 Å². The summed E-state index contributed by atoms with van der Waals surface area (Å²) >= 11 is 0. The standard InChI is InChI=1S/C16H23NO4S/c1-12-4-7-15(21-3)14(8-12)10-22(19,20)11-16(18)17(2)9-13-5-6-13/h4,7-8,13H,5-6,9-11H2,1-3H3. The van der Waals surface area contributed by atoms with Gasteiger partial charge in [0.2, 0.25) is 5.91 Å². The molecule has 1 amide bonds. The van der Waals surface area contributed by atoms with Crippen molar-refractivity contribution in [1.82, 2.24) is 4.90 Å². The largest absolute Gasteiger partial charge is 0.496 e. The van der Waals surface area contributed by atoms with Crippen LogP contribution in [0.25, 0.3) is 0 Å². The van der Waals surface area contributed by atoms with Crippen LogP contribution in [-0.2, 0) is 20.4 Å². The van der Waals surface area contributed by atoms with Crippen molar-refractivity contribution in [3.63, 3.8) is 0 Å². The Bertz CT molecular complexity index is 650. The molecular formula is C16H23NO4S. The summed E-state index contributed by atoms with van der Waals surface area (Å²) in [6.07, 6.45) is 2.26. The molecule has 1 saturated carbocycles. The van der Waals surface area contributed by atoms with Crippen molar-refractivity contribution in [2.75, 3.05) is 26.5 Å². The summed E-state index contributed by atoms with van der Waals surface area (Å²) in [6.45, 7) is 2.55. The van der Waals surface area contributed by atoms with Gasteiger partial charge in [-0.3, -0.25) is 4.79 Å². The zero-order valence-corrected chi connectivity index (χ0v) is 14.1. The van der Waals surface area contributed by atoms with Gasteiger partial charge in [0.05, 0.1) is 12.9 Å². The van der Waals surface area contributed by atoms with Gasteiger partial charge in [0.25, 0.3) is 0 Å². The van der Waals surface area contributed by atoms with Crippen molar-refractivity contribution in [2.24, 2.45) is 5.92 Å². The van der Waals surface area contributed by atoms with E-state index in [4.69, 9.17) is 4.74 Å². The third kappa shape index (κ3) is 4.73. The van der Waals surface area contributed by atoms with Crippen LogP contribution in [0.4, 0.5) is 0 Å². The average molecular weight is 325 g/mol. The Morgan fingerprint density at radius 1 is 1.36 bits per heavy atom. The maximum atomic E-state index is 12.3. The molecule has 1 aliphatic rings. The van der Waals surface area contributed by atoms with Crippen molar-refractivity contribution < 1.29 is 17.9 Å². The predicted molar refractivity (Wildman–Crippen MR) is 85.6 cm³/mol. The fourth-order valence-corrected chi connectivity index (χ4v) is 3.79. The van der Waals surface area contributed by atoms with E-state index in [1.54, 1.807) is 19.2 Å². The van der Waals surface area contributed by atoms with Gasteiger partial charge in [-0.2, -0.15) is 0 Å². The third-order valence-corrected chi connectivity index (χ3v) is 5.25. The molecule has 0 heterocycles. The molecule has 0 N–H and O–H groups in total. The predicted octanol–water partition coefficient (Wildman–Crippen LogP) is 1.79. The molecule has 2 rings (SSSR count). The molecule has 0 atom stereocenters. The third-order valence-electron chi connectivity index (χ3n) is 3.81. The number of rotatable bonds is 7. The topological polar surface area (TPSA) is 63.7 Å². The summed E-state index contributed by atoms with van der Waals surface area (Å²) in [5, 5.41) is 0. The van der Waals surface area contributed by atoms with Gasteiger partial charge in [-0.05, 0) is 31.7 Å². The molecule has 1 aromatic carbocycles. The molecular weight excluding hydrogens is 302 g/mol. The first-order valence-electron chi connectivity index (χ1n) is 7.38. The van der Waals surface area contributed by atoms with Gasteiger partial charge in [0.15, 0.2) is 9.84 Å². The Balaban J connectivity index is 2.04. The fraction of sp³-hybridized carbons (Fsp3) is 0.562. The van der Waals surface area contributed by atoms with Crippen LogP contribution in [0, 0.1) is 12.8 Å². The van der Waals surface area contributed by atoms with Crippen LogP contribution >= 0.6 is 0 Å². The Kier molecular flexibility index (Phi) is 5.11. The Labute approximate surface area is 132 Å². The van der Waals surface area contributed by atoms with E-state index in [0.29, 0.717) is 23.8 Å². The number of aryl methyl sites for hydroxylation is 1. The molecule has 0 unspecified atom stereocenters. The molecule has 0 spiro atoms. The highest BCUT2D eigenvalue weighted by Gasteiger charge is 2.27. The maximum absolute atomic E-state index is 12.3. The minimum Gasteiger partial charge on any atom is -0.496 e. The van der Waals surface area contributed by atoms with Crippen LogP contribution in [0.2, 0.25) is 0 Å². The van der Waals surface area contributed by atoms with Gasteiger partial charge >= 0.3 is 0 Å². The van der Waals surface area contributed by atoms with Gasteiger partial charge in [0, 0.05) is 19.2 Å². The Morgan fingerprint density at radius 3 is 2.64 bits per heavy atom. The van der Waals surface area contributed by atoms with Crippen molar-refractivity contribution >= 4 is 15.7 Å². The summed E-state index contributed by atoms with van der Waals surface area (Å²) in [5.74, 6) is 0.119. The molecule has 1 fully saturated rings. The summed E-state index contributed by atoms with van der Waals surface area (Å²) < 4.78 is 29.8. The van der Waals surface area contributed by atoms with Gasteiger partial charge < -0.3 is 9.64 Å². The van der Waals surface area contributed by atoms with E-state index in [9.17, 15) is 13.2 Å². The summed E-state index contributed by atoms with van der Waals surface area (Å²) in [5.41, 5.74) is 1.56. The number of nitrogens with zero attached hydrogens (tertiary/aromatic N) is 1. The van der Waals surface area contributed by atoms with Crippen LogP contribution in [0.5, 0.6) is 5.75 Å². The summed E-state index contributed by atoms with van der Waals surface area (Å²) in [6, 6.07) is 5.40. The fourth-order valence-electron chi connectivity index (χ4n) is 2.40. The molecule has 6 heteroatoms. The number of amides is 1. The van der Waals surface area contributed by atoms with E-state index in [0.717, 1.165) is 18.4 Å². The lowest BCUT2D eigenvalue weighted by Crippen LogP contribution is -2.34. The van der Waals surface area contributed by atoms with Crippen molar-refractivity contribution in [1.29, 1.82) is 0 Å². The van der Waals surface area contributed by atoms with Crippen LogP contribution in [0.3, 0.4) is 0 Å². The molecule has 1 aromatic rings. The van der Waals surface area contributed by atoms with Crippen LogP contribution in [0.1, 0.15) is 24.0 Å². The Morgan fingerprint density at radius 2 is 2.05 bits per heavy atom. The zero-order chi connectivity index (χ0) is 16.3. The molecule has 5 nitrogen and oxygen atoms in total. The monoisotopic (exact) mass is 325 g/mol. The number of hydrogen-bond acceptors (Lipinski definition) is 4. The average Bonchev–Trinajstić information content (AvgIpc) is 3.21. The van der Waals surface area contributed by atoms with E-state index in [1.807, 2.05) is 13.0 Å². The van der Waals surface area contributed by atoms with E-state index in [1.165, 1.54) is 12.0 Å². The molecule has 0 bridgehead atoms. The lowest BCUT2D eigenvalue weighted by Gasteiger charge is -2.17. The molecule has 22 heavy (non-hydrogen) atoms. The van der Waals surface area contributed by atoms with Crippen LogP contribution < -0.4 is 4.74 Å². The lowest BCUT2D eigenvalue weighted by atomic mass is 10.1. The second kappa shape index (κ2) is 6.69. The van der Waals surface area contributed by atoms with Crippen molar-refractivity contribution in [2.45, 2.75) is 25.5 Å². The van der Waals surface area contributed by atoms with Crippen LogP contribution in [-0.4, -0.2) is 45.7 Å². The van der Waals surface area contributed by atoms with E-state index in [-0.39, 0.29) is 11.7 Å². The number of carbonyl (C=O) groups excluding carboxylic acids is 1. The number of carbonyl (C=O) groups is 1. The second-order valence-electron chi connectivity index (χ2n) is 6.07. The van der Waals surface area contributed by atoms with Gasteiger partial charge in [0.1, 0.15) is 11.5 Å². The maximum Gasteiger partial charge on any atom is 0.237 e. The van der Waals surface area contributed by atoms with E-state index >= 15 is 0 Å². The number of methoxy groups -OCH3 is 1. The molecule has 1 aliphatic carbocycles. The van der Waals surface area contributed by atoms with Gasteiger partial charge in [-0.15, -0.1) is 0 Å².